The number of rotatable bonds is 1. The Balaban J connectivity index is 1.69. The van der Waals surface area contributed by atoms with E-state index in [0.717, 1.165) is 50.5 Å². The molecule has 0 heterocycles. The van der Waals surface area contributed by atoms with Crippen LogP contribution in [0.1, 0.15) is 92.9 Å². The molecule has 0 bridgehead atoms. The van der Waals surface area contributed by atoms with Gasteiger partial charge in [-0.25, -0.2) is 0 Å². The van der Waals surface area contributed by atoms with Crippen molar-refractivity contribution in [2.24, 2.45) is 44.8 Å². The molecule has 1 N–H and O–H groups in total. The SMILES string of the molecule is COC(=O)[C@]12CCC(C)(C)CC1C1C(=O)C=C3[C@@]4(C)C=C(C#N)C[C@](C)(O)C4CC[C@@]3(C)[C@]1(C)CC2. The lowest BCUT2D eigenvalue weighted by molar-refractivity contribution is -0.192. The van der Waals surface area contributed by atoms with E-state index in [1.54, 1.807) is 0 Å². The number of hydrogen-bond acceptors (Lipinski definition) is 5. The predicted octanol–water partition coefficient (Wildman–Crippen LogP) is 5.92. The number of hydrogen-bond donors (Lipinski definition) is 1. The molecule has 0 aromatic rings. The fraction of sp³-hybridized carbons (Fsp3) is 0.774. The minimum absolute atomic E-state index is 0.0410. The number of esters is 1. The van der Waals surface area contributed by atoms with E-state index in [2.05, 4.69) is 46.8 Å². The van der Waals surface area contributed by atoms with Crippen LogP contribution in [0.3, 0.4) is 0 Å². The van der Waals surface area contributed by atoms with Gasteiger partial charge in [-0.05, 0) is 80.1 Å². The molecule has 8 atom stereocenters. The van der Waals surface area contributed by atoms with Crippen molar-refractivity contribution in [3.05, 3.63) is 23.3 Å². The summed E-state index contributed by atoms with van der Waals surface area (Å²) in [5.74, 6) is -0.333. The first-order valence-corrected chi connectivity index (χ1v) is 13.8. The van der Waals surface area contributed by atoms with E-state index < -0.39 is 16.4 Å². The minimum atomic E-state index is -0.989. The van der Waals surface area contributed by atoms with Crippen LogP contribution in [-0.4, -0.2) is 29.6 Å². The topological polar surface area (TPSA) is 87.4 Å². The number of aliphatic hydroxyl groups is 1. The van der Waals surface area contributed by atoms with Crippen molar-refractivity contribution in [3.8, 4) is 6.07 Å². The molecule has 196 valence electrons. The molecule has 0 aromatic carbocycles. The van der Waals surface area contributed by atoms with Crippen molar-refractivity contribution < 1.29 is 19.4 Å². The van der Waals surface area contributed by atoms with Crippen LogP contribution in [0, 0.1) is 56.2 Å². The highest BCUT2D eigenvalue weighted by Crippen LogP contribution is 2.74. The van der Waals surface area contributed by atoms with Crippen molar-refractivity contribution >= 4 is 11.8 Å². The molecule has 0 saturated heterocycles. The number of carbonyl (C=O) groups is 2. The Hall–Kier alpha value is -1.93. The Morgan fingerprint density at radius 1 is 1.08 bits per heavy atom. The number of ether oxygens (including phenoxy) is 1. The fourth-order valence-corrected chi connectivity index (χ4v) is 10.1. The van der Waals surface area contributed by atoms with Crippen molar-refractivity contribution in [1.29, 1.82) is 5.26 Å². The zero-order valence-corrected chi connectivity index (χ0v) is 23.2. The zero-order valence-electron chi connectivity index (χ0n) is 23.2. The molecule has 3 unspecified atom stereocenters. The molecule has 3 saturated carbocycles. The van der Waals surface area contributed by atoms with Crippen LogP contribution < -0.4 is 0 Å². The van der Waals surface area contributed by atoms with Crippen LogP contribution in [0.15, 0.2) is 23.3 Å². The first-order chi connectivity index (χ1) is 16.6. The Bertz CT molecular complexity index is 1120. The summed E-state index contributed by atoms with van der Waals surface area (Å²) in [6.45, 7) is 13.1. The first-order valence-electron chi connectivity index (χ1n) is 13.8. The summed E-state index contributed by atoms with van der Waals surface area (Å²) in [5, 5.41) is 21.3. The fourth-order valence-electron chi connectivity index (χ4n) is 10.1. The summed E-state index contributed by atoms with van der Waals surface area (Å²) in [6, 6.07) is 2.31. The van der Waals surface area contributed by atoms with Gasteiger partial charge in [-0.15, -0.1) is 0 Å². The van der Waals surface area contributed by atoms with Gasteiger partial charge in [0.05, 0.1) is 24.2 Å². The number of methoxy groups -OCH3 is 1. The number of nitriles is 1. The summed E-state index contributed by atoms with van der Waals surface area (Å²) >= 11 is 0. The second kappa shape index (κ2) is 7.56. The lowest BCUT2D eigenvalue weighted by Gasteiger charge is -2.68. The third kappa shape index (κ3) is 3.09. The standard InChI is InChI=1S/C31H43NO4/c1-26(2)10-12-31(25(34)36-7)13-11-29(5)24(20(31)17-26)21(33)14-23-27(3)15-19(18-32)16-30(6,35)22(27)8-9-28(23,29)4/h14-15,20,22,24,35H,8-13,16-17H2,1-7H3/t20?,22?,24?,27-,28+,29+,30-,31-/m0/s1. The summed E-state index contributed by atoms with van der Waals surface area (Å²) < 4.78 is 5.40. The maximum absolute atomic E-state index is 14.3. The van der Waals surface area contributed by atoms with Gasteiger partial charge in [0.15, 0.2) is 5.78 Å². The summed E-state index contributed by atoms with van der Waals surface area (Å²) in [6.07, 6.45) is 10.2. The average molecular weight is 494 g/mol. The lowest BCUT2D eigenvalue weighted by Crippen LogP contribution is -2.66. The zero-order chi connectivity index (χ0) is 26.5. The molecular formula is C31H43NO4. The van der Waals surface area contributed by atoms with E-state index in [4.69, 9.17) is 4.74 Å². The van der Waals surface area contributed by atoms with E-state index >= 15 is 0 Å². The Labute approximate surface area is 216 Å². The normalized spacial score (nSPS) is 49.2. The van der Waals surface area contributed by atoms with Crippen LogP contribution >= 0.6 is 0 Å². The highest BCUT2D eigenvalue weighted by Gasteiger charge is 2.70. The number of allylic oxidation sites excluding steroid dienone is 3. The second-order valence-electron chi connectivity index (χ2n) is 14.5. The van der Waals surface area contributed by atoms with Crippen molar-refractivity contribution in [2.75, 3.05) is 7.11 Å². The van der Waals surface area contributed by atoms with Crippen LogP contribution in [0.2, 0.25) is 0 Å². The summed E-state index contributed by atoms with van der Waals surface area (Å²) in [4.78, 5) is 27.6. The van der Waals surface area contributed by atoms with Gasteiger partial charge in [0, 0.05) is 29.2 Å². The van der Waals surface area contributed by atoms with Gasteiger partial charge in [0.25, 0.3) is 0 Å². The predicted molar refractivity (Wildman–Crippen MR) is 137 cm³/mol. The Morgan fingerprint density at radius 2 is 1.75 bits per heavy atom. The quantitative estimate of drug-likeness (QED) is 0.458. The number of fused-ring (bicyclic) bond motifs is 7. The molecule has 0 aliphatic heterocycles. The van der Waals surface area contributed by atoms with Gasteiger partial charge < -0.3 is 9.84 Å². The maximum atomic E-state index is 14.3. The van der Waals surface area contributed by atoms with Gasteiger partial charge in [-0.2, -0.15) is 5.26 Å². The smallest absolute Gasteiger partial charge is 0.312 e. The van der Waals surface area contributed by atoms with E-state index in [1.807, 2.05) is 13.0 Å². The Morgan fingerprint density at radius 3 is 2.39 bits per heavy atom. The third-order valence-electron chi connectivity index (χ3n) is 12.1. The minimum Gasteiger partial charge on any atom is -0.469 e. The lowest BCUT2D eigenvalue weighted by atomic mass is 9.34. The molecule has 3 fully saturated rings. The van der Waals surface area contributed by atoms with Crippen molar-refractivity contribution in [3.63, 3.8) is 0 Å². The molecule has 5 aliphatic carbocycles. The van der Waals surface area contributed by atoms with Gasteiger partial charge in [0.1, 0.15) is 0 Å². The first kappa shape index (κ1) is 25.7. The monoisotopic (exact) mass is 493 g/mol. The molecule has 0 amide bonds. The van der Waals surface area contributed by atoms with E-state index in [-0.39, 0.29) is 45.8 Å². The number of nitrogens with zero attached hydrogens (tertiary/aromatic N) is 1. The molecule has 5 aliphatic rings. The van der Waals surface area contributed by atoms with Crippen LogP contribution in [0.25, 0.3) is 0 Å². The van der Waals surface area contributed by atoms with Crippen LogP contribution in [-0.2, 0) is 14.3 Å². The molecule has 36 heavy (non-hydrogen) atoms. The molecule has 0 radical (unpaired) electrons. The molecule has 5 nitrogen and oxygen atoms in total. The summed E-state index contributed by atoms with van der Waals surface area (Å²) in [7, 11) is 1.49. The molecular weight excluding hydrogens is 450 g/mol. The molecule has 5 rings (SSSR count). The van der Waals surface area contributed by atoms with Gasteiger partial charge in [-0.1, -0.05) is 46.3 Å². The maximum Gasteiger partial charge on any atom is 0.312 e. The molecule has 5 heteroatoms. The third-order valence-corrected chi connectivity index (χ3v) is 12.1. The van der Waals surface area contributed by atoms with E-state index in [9.17, 15) is 20.0 Å². The second-order valence-corrected chi connectivity index (χ2v) is 14.5. The largest absolute Gasteiger partial charge is 0.469 e. The van der Waals surface area contributed by atoms with Crippen molar-refractivity contribution in [2.45, 2.75) is 98.5 Å². The van der Waals surface area contributed by atoms with Crippen molar-refractivity contribution in [1.82, 2.24) is 0 Å². The van der Waals surface area contributed by atoms with E-state index in [0.29, 0.717) is 12.0 Å². The van der Waals surface area contributed by atoms with Crippen LogP contribution in [0.4, 0.5) is 0 Å². The van der Waals surface area contributed by atoms with E-state index in [1.165, 1.54) is 7.11 Å². The van der Waals surface area contributed by atoms with Gasteiger partial charge in [-0.3, -0.25) is 9.59 Å². The number of carbonyl (C=O) groups excluding carboxylic acids is 2. The molecule has 0 aromatic heterocycles. The van der Waals surface area contributed by atoms with Crippen LogP contribution in [0.5, 0.6) is 0 Å². The summed E-state index contributed by atoms with van der Waals surface area (Å²) in [5.41, 5.74) is -0.928. The molecule has 0 spiro atoms. The Kier molecular flexibility index (Phi) is 5.40. The average Bonchev–Trinajstić information content (AvgIpc) is 2.78. The van der Waals surface area contributed by atoms with Gasteiger partial charge in [0.2, 0.25) is 0 Å². The van der Waals surface area contributed by atoms with Gasteiger partial charge >= 0.3 is 5.97 Å². The highest BCUT2D eigenvalue weighted by molar-refractivity contribution is 5.96. The highest BCUT2D eigenvalue weighted by atomic mass is 16.5. The number of ketones is 1.